The second-order valence-electron chi connectivity index (χ2n) is 4.42. The molecule has 1 saturated carbocycles. The Kier molecular flexibility index (Phi) is 3.61. The summed E-state index contributed by atoms with van der Waals surface area (Å²) < 4.78 is 0. The molecule has 98 valence electrons. The normalized spacial score (nSPS) is 23.6. The maximum atomic E-state index is 11.9. The highest BCUT2D eigenvalue weighted by atomic mass is 16.4. The van der Waals surface area contributed by atoms with Crippen LogP contribution in [-0.2, 0) is 0 Å². The van der Waals surface area contributed by atoms with E-state index in [-0.39, 0.29) is 17.4 Å². The van der Waals surface area contributed by atoms with Crippen molar-refractivity contribution < 1.29 is 19.8 Å². The van der Waals surface area contributed by atoms with Gasteiger partial charge in [0, 0.05) is 6.04 Å². The van der Waals surface area contributed by atoms with E-state index < -0.39 is 18.0 Å². The van der Waals surface area contributed by atoms with E-state index in [1.54, 1.807) is 0 Å². The van der Waals surface area contributed by atoms with Crippen molar-refractivity contribution in [1.29, 1.82) is 0 Å². The highest BCUT2D eigenvalue weighted by Gasteiger charge is 2.25. The summed E-state index contributed by atoms with van der Waals surface area (Å²) in [4.78, 5) is 28.8. The van der Waals surface area contributed by atoms with Gasteiger partial charge in [-0.25, -0.2) is 9.78 Å². The van der Waals surface area contributed by atoms with E-state index in [1.165, 1.54) is 6.33 Å². The topological polar surface area (TPSA) is 115 Å². The molecule has 1 heterocycles. The first-order valence-corrected chi connectivity index (χ1v) is 5.83. The molecule has 0 aromatic carbocycles. The zero-order valence-electron chi connectivity index (χ0n) is 9.72. The minimum Gasteiger partial charge on any atom is -0.477 e. The summed E-state index contributed by atoms with van der Waals surface area (Å²) in [5.41, 5.74) is -0.341. The molecule has 1 aromatic heterocycles. The van der Waals surface area contributed by atoms with Gasteiger partial charge in [-0.05, 0) is 25.7 Å². The number of carbonyl (C=O) groups excluding carboxylic acids is 1. The van der Waals surface area contributed by atoms with Crippen molar-refractivity contribution in [3.05, 3.63) is 17.7 Å². The van der Waals surface area contributed by atoms with Crippen molar-refractivity contribution in [1.82, 2.24) is 15.3 Å². The Hall–Kier alpha value is -1.89. The lowest BCUT2D eigenvalue weighted by Gasteiger charge is -2.26. The number of amides is 1. The molecule has 4 N–H and O–H groups in total. The number of hydrogen-bond donors (Lipinski definition) is 4. The van der Waals surface area contributed by atoms with Crippen LogP contribution in [-0.4, -0.2) is 44.2 Å². The molecular formula is C11H15N3O4. The van der Waals surface area contributed by atoms with Gasteiger partial charge < -0.3 is 20.5 Å². The molecule has 7 nitrogen and oxygen atoms in total. The number of carboxylic acids is 1. The molecule has 1 aliphatic carbocycles. The predicted octanol–water partition coefficient (Wildman–Crippen LogP) is 0.141. The molecule has 1 fully saturated rings. The van der Waals surface area contributed by atoms with Crippen LogP contribution in [0.4, 0.5) is 0 Å². The Labute approximate surface area is 103 Å². The van der Waals surface area contributed by atoms with Gasteiger partial charge in [0.1, 0.15) is 0 Å². The van der Waals surface area contributed by atoms with Crippen molar-refractivity contribution in [2.24, 2.45) is 0 Å². The van der Waals surface area contributed by atoms with Gasteiger partial charge in [-0.1, -0.05) is 0 Å². The Morgan fingerprint density at radius 2 is 2.22 bits per heavy atom. The van der Waals surface area contributed by atoms with Gasteiger partial charge >= 0.3 is 5.97 Å². The Bertz CT molecular complexity index is 457. The number of aliphatic hydroxyl groups excluding tert-OH is 1. The molecule has 1 aromatic rings. The smallest absolute Gasteiger partial charge is 0.354 e. The molecule has 0 spiro atoms. The van der Waals surface area contributed by atoms with Crippen LogP contribution in [0.3, 0.4) is 0 Å². The van der Waals surface area contributed by atoms with Crippen LogP contribution in [0.1, 0.15) is 46.7 Å². The first-order chi connectivity index (χ1) is 8.58. The van der Waals surface area contributed by atoms with Crippen LogP contribution in [0, 0.1) is 0 Å². The first kappa shape index (κ1) is 12.6. The Balaban J connectivity index is 2.03. The molecule has 0 radical (unpaired) electrons. The number of rotatable bonds is 3. The number of aromatic nitrogens is 2. The fourth-order valence-corrected chi connectivity index (χ4v) is 2.18. The molecule has 0 aliphatic heterocycles. The largest absolute Gasteiger partial charge is 0.477 e. The molecule has 1 aliphatic rings. The molecule has 1 amide bonds. The standard InChI is InChI=1S/C11H15N3O4/c15-7-3-1-2-6(4-7)14-10(16)8-9(11(17)18)13-5-12-8/h5-7,15H,1-4H2,(H,12,13)(H,14,16)(H,17,18). The van der Waals surface area contributed by atoms with Crippen LogP contribution in [0.2, 0.25) is 0 Å². The number of nitrogens with zero attached hydrogens (tertiary/aromatic N) is 1. The highest BCUT2D eigenvalue weighted by molar-refractivity contribution is 6.02. The Morgan fingerprint density at radius 3 is 2.89 bits per heavy atom. The molecule has 18 heavy (non-hydrogen) atoms. The van der Waals surface area contributed by atoms with E-state index in [1.807, 2.05) is 0 Å². The van der Waals surface area contributed by atoms with Gasteiger partial charge in [0.15, 0.2) is 11.4 Å². The van der Waals surface area contributed by atoms with E-state index in [4.69, 9.17) is 5.11 Å². The summed E-state index contributed by atoms with van der Waals surface area (Å²) in [6, 6.07) is -0.125. The highest BCUT2D eigenvalue weighted by Crippen LogP contribution is 2.18. The quantitative estimate of drug-likeness (QED) is 0.611. The lowest BCUT2D eigenvalue weighted by Crippen LogP contribution is -2.40. The van der Waals surface area contributed by atoms with Crippen LogP contribution in [0.25, 0.3) is 0 Å². The first-order valence-electron chi connectivity index (χ1n) is 5.83. The van der Waals surface area contributed by atoms with Gasteiger partial charge in [0.05, 0.1) is 12.4 Å². The fourth-order valence-electron chi connectivity index (χ4n) is 2.18. The van der Waals surface area contributed by atoms with Crippen LogP contribution in [0.5, 0.6) is 0 Å². The van der Waals surface area contributed by atoms with E-state index in [9.17, 15) is 14.7 Å². The van der Waals surface area contributed by atoms with Crippen LogP contribution >= 0.6 is 0 Å². The Morgan fingerprint density at radius 1 is 1.44 bits per heavy atom. The third-order valence-electron chi connectivity index (χ3n) is 3.05. The number of carboxylic acid groups (broad SMARTS) is 1. The van der Waals surface area contributed by atoms with Crippen molar-refractivity contribution in [2.75, 3.05) is 0 Å². The maximum absolute atomic E-state index is 11.9. The van der Waals surface area contributed by atoms with E-state index in [0.29, 0.717) is 6.42 Å². The molecule has 2 atom stereocenters. The summed E-state index contributed by atoms with van der Waals surface area (Å²) in [6.45, 7) is 0. The van der Waals surface area contributed by atoms with Crippen LogP contribution < -0.4 is 5.32 Å². The van der Waals surface area contributed by atoms with Gasteiger partial charge in [0.25, 0.3) is 5.91 Å². The number of hydrogen-bond acceptors (Lipinski definition) is 4. The van der Waals surface area contributed by atoms with E-state index >= 15 is 0 Å². The van der Waals surface area contributed by atoms with E-state index in [0.717, 1.165) is 19.3 Å². The monoisotopic (exact) mass is 253 g/mol. The number of H-pyrrole nitrogens is 1. The lowest BCUT2D eigenvalue weighted by molar-refractivity contribution is 0.0681. The second kappa shape index (κ2) is 5.18. The number of aliphatic hydroxyl groups is 1. The maximum Gasteiger partial charge on any atom is 0.354 e. The third-order valence-corrected chi connectivity index (χ3v) is 3.05. The van der Waals surface area contributed by atoms with Crippen molar-refractivity contribution in [2.45, 2.75) is 37.8 Å². The third kappa shape index (κ3) is 2.67. The number of aromatic carboxylic acids is 1. The van der Waals surface area contributed by atoms with Gasteiger partial charge in [-0.3, -0.25) is 4.79 Å². The number of nitrogens with one attached hydrogen (secondary N) is 2. The summed E-state index contributed by atoms with van der Waals surface area (Å²) in [5.74, 6) is -1.74. The SMILES string of the molecule is O=C(NC1CCCC(O)C1)c1nc[nH]c1C(=O)O. The van der Waals surface area contributed by atoms with Crippen molar-refractivity contribution in [3.63, 3.8) is 0 Å². The zero-order valence-corrected chi connectivity index (χ0v) is 9.72. The predicted molar refractivity (Wildman–Crippen MR) is 61.3 cm³/mol. The number of carbonyl (C=O) groups is 2. The molecule has 2 rings (SSSR count). The summed E-state index contributed by atoms with van der Waals surface area (Å²) in [6.07, 6.45) is 3.65. The molecule has 7 heteroatoms. The van der Waals surface area contributed by atoms with Gasteiger partial charge in [-0.2, -0.15) is 0 Å². The van der Waals surface area contributed by atoms with Gasteiger partial charge in [0.2, 0.25) is 0 Å². The minimum absolute atomic E-state index is 0.123. The summed E-state index contributed by atoms with van der Waals surface area (Å²) in [7, 11) is 0. The summed E-state index contributed by atoms with van der Waals surface area (Å²) >= 11 is 0. The average Bonchev–Trinajstić information content (AvgIpc) is 2.77. The van der Waals surface area contributed by atoms with Crippen molar-refractivity contribution >= 4 is 11.9 Å². The zero-order chi connectivity index (χ0) is 13.1. The minimum atomic E-state index is -1.22. The van der Waals surface area contributed by atoms with Crippen LogP contribution in [0.15, 0.2) is 6.33 Å². The molecular weight excluding hydrogens is 238 g/mol. The lowest BCUT2D eigenvalue weighted by atomic mass is 9.93. The van der Waals surface area contributed by atoms with Crippen molar-refractivity contribution in [3.8, 4) is 0 Å². The fraction of sp³-hybridized carbons (Fsp3) is 0.545. The molecule has 0 saturated heterocycles. The average molecular weight is 253 g/mol. The number of aromatic amines is 1. The second-order valence-corrected chi connectivity index (χ2v) is 4.42. The number of imidazole rings is 1. The summed E-state index contributed by atoms with van der Waals surface area (Å²) in [5, 5.41) is 21.1. The molecule has 2 unspecified atom stereocenters. The van der Waals surface area contributed by atoms with E-state index in [2.05, 4.69) is 15.3 Å². The molecule has 0 bridgehead atoms. The van der Waals surface area contributed by atoms with Gasteiger partial charge in [-0.15, -0.1) is 0 Å².